The number of ether oxygens (including phenoxy) is 3. The predicted molar refractivity (Wildman–Crippen MR) is 51.2 cm³/mol. The third-order valence-electron chi connectivity index (χ3n) is 2.22. The molecule has 1 saturated heterocycles. The molecule has 1 aliphatic rings. The Morgan fingerprint density at radius 1 is 1.33 bits per heavy atom. The van der Waals surface area contributed by atoms with Gasteiger partial charge in [0.1, 0.15) is 12.2 Å². The Morgan fingerprint density at radius 3 is 2.67 bits per heavy atom. The van der Waals surface area contributed by atoms with Crippen molar-refractivity contribution in [2.45, 2.75) is 38.4 Å². The highest BCUT2D eigenvalue weighted by molar-refractivity contribution is 4.69. The molecular weight excluding hydrogens is 206 g/mol. The van der Waals surface area contributed by atoms with Crippen LogP contribution in [0.1, 0.15) is 19.8 Å². The van der Waals surface area contributed by atoms with Gasteiger partial charge >= 0.3 is 0 Å². The summed E-state index contributed by atoms with van der Waals surface area (Å²) < 4.78 is 39.8. The molecule has 0 aromatic carbocycles. The van der Waals surface area contributed by atoms with Crippen LogP contribution in [-0.2, 0) is 14.2 Å². The van der Waals surface area contributed by atoms with Gasteiger partial charge < -0.3 is 14.2 Å². The molecule has 15 heavy (non-hydrogen) atoms. The Bertz CT molecular complexity index is 159. The van der Waals surface area contributed by atoms with E-state index in [1.165, 1.54) is 0 Å². The standard InChI is InChI=1S/C10H18F2O3/c1-2-3-4-13-5-8-6-15-9(7-14-8)10(11)12/h8-10H,2-7H2,1H3. The first-order valence-electron chi connectivity index (χ1n) is 5.33. The van der Waals surface area contributed by atoms with Gasteiger partial charge in [0.05, 0.1) is 19.8 Å². The normalized spacial score (nSPS) is 27.2. The highest BCUT2D eigenvalue weighted by Gasteiger charge is 2.28. The van der Waals surface area contributed by atoms with Crippen LogP contribution in [0.25, 0.3) is 0 Å². The summed E-state index contributed by atoms with van der Waals surface area (Å²) in [6.07, 6.45) is -1.65. The first-order chi connectivity index (χ1) is 7.24. The molecular formula is C10H18F2O3. The van der Waals surface area contributed by atoms with Crippen LogP contribution < -0.4 is 0 Å². The molecule has 1 fully saturated rings. The molecule has 5 heteroatoms. The summed E-state index contributed by atoms with van der Waals surface area (Å²) in [5.74, 6) is 0. The highest BCUT2D eigenvalue weighted by Crippen LogP contribution is 2.13. The molecule has 90 valence electrons. The van der Waals surface area contributed by atoms with Gasteiger partial charge in [0.25, 0.3) is 6.43 Å². The van der Waals surface area contributed by atoms with Gasteiger partial charge in [0, 0.05) is 6.61 Å². The van der Waals surface area contributed by atoms with Gasteiger partial charge in [-0.1, -0.05) is 13.3 Å². The van der Waals surface area contributed by atoms with Crippen LogP contribution in [0.3, 0.4) is 0 Å². The third kappa shape index (κ3) is 4.86. The van der Waals surface area contributed by atoms with Gasteiger partial charge in [-0.05, 0) is 6.42 Å². The second-order valence-corrected chi connectivity index (χ2v) is 3.59. The van der Waals surface area contributed by atoms with Gasteiger partial charge in [0.15, 0.2) is 0 Å². The second kappa shape index (κ2) is 7.09. The second-order valence-electron chi connectivity index (χ2n) is 3.59. The lowest BCUT2D eigenvalue weighted by molar-refractivity contribution is -0.185. The van der Waals surface area contributed by atoms with Crippen molar-refractivity contribution in [3.8, 4) is 0 Å². The Balaban J connectivity index is 2.04. The largest absolute Gasteiger partial charge is 0.379 e. The van der Waals surface area contributed by atoms with E-state index in [1.807, 2.05) is 0 Å². The summed E-state index contributed by atoms with van der Waals surface area (Å²) >= 11 is 0. The molecule has 0 radical (unpaired) electrons. The molecule has 0 bridgehead atoms. The Labute approximate surface area is 88.7 Å². The summed E-state index contributed by atoms with van der Waals surface area (Å²) in [5.41, 5.74) is 0. The van der Waals surface area contributed by atoms with E-state index in [0.717, 1.165) is 12.8 Å². The van der Waals surface area contributed by atoms with Crippen LogP contribution in [0.4, 0.5) is 8.78 Å². The van der Waals surface area contributed by atoms with E-state index in [2.05, 4.69) is 6.92 Å². The van der Waals surface area contributed by atoms with E-state index < -0.39 is 12.5 Å². The Hall–Kier alpha value is -0.260. The van der Waals surface area contributed by atoms with Gasteiger partial charge in [-0.15, -0.1) is 0 Å². The number of alkyl halides is 2. The van der Waals surface area contributed by atoms with Crippen molar-refractivity contribution in [3.63, 3.8) is 0 Å². The van der Waals surface area contributed by atoms with Crippen LogP contribution in [0.2, 0.25) is 0 Å². The van der Waals surface area contributed by atoms with E-state index in [1.54, 1.807) is 0 Å². The van der Waals surface area contributed by atoms with Crippen LogP contribution >= 0.6 is 0 Å². The monoisotopic (exact) mass is 224 g/mol. The Kier molecular flexibility index (Phi) is 6.05. The topological polar surface area (TPSA) is 27.7 Å². The minimum Gasteiger partial charge on any atom is -0.379 e. The lowest BCUT2D eigenvalue weighted by Gasteiger charge is -2.28. The maximum atomic E-state index is 12.2. The third-order valence-corrected chi connectivity index (χ3v) is 2.22. The molecule has 0 aromatic heterocycles. The summed E-state index contributed by atoms with van der Waals surface area (Å²) in [6.45, 7) is 3.35. The average molecular weight is 224 g/mol. The average Bonchev–Trinajstić information content (AvgIpc) is 2.25. The molecule has 0 spiro atoms. The molecule has 3 nitrogen and oxygen atoms in total. The summed E-state index contributed by atoms with van der Waals surface area (Å²) in [4.78, 5) is 0. The summed E-state index contributed by atoms with van der Waals surface area (Å²) in [5, 5.41) is 0. The molecule has 2 unspecified atom stereocenters. The zero-order valence-corrected chi connectivity index (χ0v) is 8.96. The number of unbranched alkanes of at least 4 members (excludes halogenated alkanes) is 1. The SMILES string of the molecule is CCCCOCC1COC(C(F)F)CO1. The number of hydrogen-bond acceptors (Lipinski definition) is 3. The fraction of sp³-hybridized carbons (Fsp3) is 1.00. The van der Waals surface area contributed by atoms with Gasteiger partial charge in [-0.2, -0.15) is 0 Å². The number of rotatable bonds is 6. The zero-order chi connectivity index (χ0) is 11.1. The molecule has 2 atom stereocenters. The number of halogens is 2. The van der Waals surface area contributed by atoms with Crippen LogP contribution in [0.15, 0.2) is 0 Å². The molecule has 0 aromatic rings. The molecule has 0 saturated carbocycles. The smallest absolute Gasteiger partial charge is 0.266 e. The van der Waals surface area contributed by atoms with Gasteiger partial charge in [0.2, 0.25) is 0 Å². The van der Waals surface area contributed by atoms with E-state index in [-0.39, 0.29) is 19.3 Å². The van der Waals surface area contributed by atoms with E-state index in [9.17, 15) is 8.78 Å². The molecule has 1 heterocycles. The quantitative estimate of drug-likeness (QED) is 0.644. The molecule has 0 N–H and O–H groups in total. The molecule has 1 rings (SSSR count). The lowest BCUT2D eigenvalue weighted by Crippen LogP contribution is -2.41. The number of hydrogen-bond donors (Lipinski definition) is 0. The van der Waals surface area contributed by atoms with Crippen molar-refractivity contribution >= 4 is 0 Å². The van der Waals surface area contributed by atoms with Crippen molar-refractivity contribution in [1.29, 1.82) is 0 Å². The minimum atomic E-state index is -2.47. The minimum absolute atomic E-state index is 0.0422. The molecule has 0 aliphatic carbocycles. The van der Waals surface area contributed by atoms with Crippen LogP contribution in [0, 0.1) is 0 Å². The van der Waals surface area contributed by atoms with Crippen molar-refractivity contribution in [2.75, 3.05) is 26.4 Å². The first-order valence-corrected chi connectivity index (χ1v) is 5.33. The van der Waals surface area contributed by atoms with Crippen LogP contribution in [0.5, 0.6) is 0 Å². The predicted octanol–water partition coefficient (Wildman–Crippen LogP) is 1.85. The van der Waals surface area contributed by atoms with Crippen LogP contribution in [-0.4, -0.2) is 45.1 Å². The van der Waals surface area contributed by atoms with E-state index in [4.69, 9.17) is 14.2 Å². The molecule has 1 aliphatic heterocycles. The fourth-order valence-electron chi connectivity index (χ4n) is 1.26. The fourth-order valence-corrected chi connectivity index (χ4v) is 1.26. The van der Waals surface area contributed by atoms with Crippen molar-refractivity contribution in [3.05, 3.63) is 0 Å². The van der Waals surface area contributed by atoms with E-state index in [0.29, 0.717) is 13.2 Å². The van der Waals surface area contributed by atoms with Crippen molar-refractivity contribution < 1.29 is 23.0 Å². The van der Waals surface area contributed by atoms with Gasteiger partial charge in [-0.25, -0.2) is 8.78 Å². The maximum absolute atomic E-state index is 12.2. The lowest BCUT2D eigenvalue weighted by atomic mass is 10.3. The highest BCUT2D eigenvalue weighted by atomic mass is 19.3. The van der Waals surface area contributed by atoms with Gasteiger partial charge in [-0.3, -0.25) is 0 Å². The van der Waals surface area contributed by atoms with Crippen molar-refractivity contribution in [2.24, 2.45) is 0 Å². The van der Waals surface area contributed by atoms with E-state index >= 15 is 0 Å². The van der Waals surface area contributed by atoms with Crippen molar-refractivity contribution in [1.82, 2.24) is 0 Å². The maximum Gasteiger partial charge on any atom is 0.266 e. The first kappa shape index (κ1) is 12.8. The summed E-state index contributed by atoms with van der Waals surface area (Å²) in [6, 6.07) is 0. The zero-order valence-electron chi connectivity index (χ0n) is 8.96. The summed E-state index contributed by atoms with van der Waals surface area (Å²) in [7, 11) is 0. The molecule has 0 amide bonds. The Morgan fingerprint density at radius 2 is 2.13 bits per heavy atom.